The fourth-order valence-electron chi connectivity index (χ4n) is 4.11. The number of hydrogen-bond donors (Lipinski definition) is 1. The third-order valence-electron chi connectivity index (χ3n) is 5.71. The lowest BCUT2D eigenvalue weighted by atomic mass is 9.67. The van der Waals surface area contributed by atoms with Gasteiger partial charge in [-0.3, -0.25) is 14.4 Å². The molecule has 1 unspecified atom stereocenters. The molecule has 0 amide bonds. The number of nitrogens with one attached hydrogen (secondary N) is 1. The first-order chi connectivity index (χ1) is 13.9. The van der Waals surface area contributed by atoms with E-state index in [1.54, 1.807) is 38.3 Å². The second-order valence-corrected chi connectivity index (χ2v) is 10.5. The van der Waals surface area contributed by atoms with Gasteiger partial charge in [0.05, 0.1) is 0 Å². The number of rotatable bonds is 6. The van der Waals surface area contributed by atoms with Crippen molar-refractivity contribution in [3.05, 3.63) is 34.2 Å². The van der Waals surface area contributed by atoms with Gasteiger partial charge >= 0.3 is 11.9 Å². The van der Waals surface area contributed by atoms with Crippen molar-refractivity contribution in [3.8, 4) is 0 Å². The highest BCUT2D eigenvalue weighted by molar-refractivity contribution is 9.09. The number of carbonyl (C=O) groups is 2. The van der Waals surface area contributed by atoms with Crippen LogP contribution in [0.25, 0.3) is 0 Å². The van der Waals surface area contributed by atoms with Crippen LogP contribution >= 0.6 is 31.9 Å². The summed E-state index contributed by atoms with van der Waals surface area (Å²) in [6.45, 7) is 7.73. The molecule has 1 aromatic heterocycles. The molecule has 0 radical (unpaired) electrons. The number of ether oxygens (including phenoxy) is 2. The van der Waals surface area contributed by atoms with Crippen LogP contribution in [0.3, 0.4) is 0 Å². The van der Waals surface area contributed by atoms with Gasteiger partial charge in [-0.15, -0.1) is 0 Å². The van der Waals surface area contributed by atoms with E-state index in [2.05, 4.69) is 37.2 Å². The van der Waals surface area contributed by atoms with Gasteiger partial charge in [0.1, 0.15) is 22.7 Å². The van der Waals surface area contributed by atoms with Gasteiger partial charge < -0.3 is 19.4 Å². The topological polar surface area (TPSA) is 86.6 Å². The number of nitrogens with zero attached hydrogens (tertiary/aromatic N) is 1. The number of esters is 2. The summed E-state index contributed by atoms with van der Waals surface area (Å²) < 4.78 is 13.2. The van der Waals surface area contributed by atoms with E-state index in [1.165, 1.54) is 6.07 Å². The summed E-state index contributed by atoms with van der Waals surface area (Å²) in [6.07, 6.45) is 0.412. The van der Waals surface area contributed by atoms with Crippen LogP contribution in [0.1, 0.15) is 45.7 Å². The average molecular weight is 548 g/mol. The molecule has 30 heavy (non-hydrogen) atoms. The zero-order valence-corrected chi connectivity index (χ0v) is 20.8. The lowest BCUT2D eigenvalue weighted by Gasteiger charge is -2.49. The van der Waals surface area contributed by atoms with Crippen LogP contribution < -0.4 is 10.9 Å². The smallest absolute Gasteiger partial charge is 0.324 e. The van der Waals surface area contributed by atoms with Gasteiger partial charge in [0, 0.05) is 41.4 Å². The van der Waals surface area contributed by atoms with Gasteiger partial charge in [-0.1, -0.05) is 37.9 Å². The highest BCUT2D eigenvalue weighted by Gasteiger charge is 2.59. The highest BCUT2D eigenvalue weighted by atomic mass is 79.9. The quantitative estimate of drug-likeness (QED) is 0.435. The molecule has 0 aromatic carbocycles. The molecule has 7 nitrogen and oxygen atoms in total. The van der Waals surface area contributed by atoms with Crippen molar-refractivity contribution in [2.24, 2.45) is 5.41 Å². The van der Waals surface area contributed by atoms with E-state index in [0.29, 0.717) is 23.6 Å². The Morgan fingerprint density at radius 1 is 1.17 bits per heavy atom. The Hall–Kier alpha value is -1.19. The number of hydrogen-bond acceptors (Lipinski definition) is 6. The molecule has 3 heterocycles. The van der Waals surface area contributed by atoms with Crippen molar-refractivity contribution in [2.45, 2.75) is 63.8 Å². The van der Waals surface area contributed by atoms with Crippen molar-refractivity contribution in [2.75, 3.05) is 17.2 Å². The Bertz CT molecular complexity index is 898. The van der Waals surface area contributed by atoms with E-state index in [-0.39, 0.29) is 18.0 Å². The second kappa shape index (κ2) is 8.39. The molecule has 2 aliphatic heterocycles. The van der Waals surface area contributed by atoms with Gasteiger partial charge in [-0.2, -0.15) is 0 Å². The van der Waals surface area contributed by atoms with E-state index in [4.69, 9.17) is 9.47 Å². The van der Waals surface area contributed by atoms with Gasteiger partial charge in [-0.05, 0) is 40.2 Å². The van der Waals surface area contributed by atoms with Crippen LogP contribution in [0.5, 0.6) is 0 Å². The van der Waals surface area contributed by atoms with Crippen LogP contribution in [0.2, 0.25) is 0 Å². The lowest BCUT2D eigenvalue weighted by molar-refractivity contribution is -0.183. The Morgan fingerprint density at radius 3 is 2.43 bits per heavy atom. The Balaban J connectivity index is 2.06. The van der Waals surface area contributed by atoms with Crippen LogP contribution in [0.4, 0.5) is 0 Å². The highest BCUT2D eigenvalue weighted by Crippen LogP contribution is 2.46. The first-order valence-corrected chi connectivity index (χ1v) is 12.2. The normalized spacial score (nSPS) is 25.9. The van der Waals surface area contributed by atoms with Crippen LogP contribution in [-0.2, 0) is 25.6 Å². The maximum atomic E-state index is 13.6. The lowest BCUT2D eigenvalue weighted by Crippen LogP contribution is -2.66. The molecule has 0 spiro atoms. The third-order valence-corrected chi connectivity index (χ3v) is 8.41. The molecular formula is C21H28Br2N2O5. The van der Waals surface area contributed by atoms with E-state index < -0.39 is 34.6 Å². The van der Waals surface area contributed by atoms with Crippen molar-refractivity contribution in [1.29, 1.82) is 0 Å². The third kappa shape index (κ3) is 4.39. The molecule has 0 aliphatic carbocycles. The maximum absolute atomic E-state index is 13.6. The van der Waals surface area contributed by atoms with Crippen molar-refractivity contribution in [3.63, 3.8) is 0 Å². The minimum atomic E-state index is -1.24. The maximum Gasteiger partial charge on any atom is 0.324 e. The molecule has 0 saturated carbocycles. The molecule has 3 atom stereocenters. The monoisotopic (exact) mass is 546 g/mol. The SMILES string of the molecule is CC(C)(CBr)OC(=O)C1NC[C@H]2C[C@]1(C(=O)OC(C)(C)CBr)Cn1c2cccc1=O. The summed E-state index contributed by atoms with van der Waals surface area (Å²) in [4.78, 5) is 39.4. The predicted octanol–water partition coefficient (Wildman–Crippen LogP) is 2.73. The van der Waals surface area contributed by atoms with Gasteiger partial charge in [-0.25, -0.2) is 0 Å². The number of piperidine rings is 1. The Labute approximate surface area is 193 Å². The van der Waals surface area contributed by atoms with Crippen LogP contribution in [0.15, 0.2) is 23.0 Å². The first-order valence-electron chi connectivity index (χ1n) is 9.96. The van der Waals surface area contributed by atoms with E-state index >= 15 is 0 Å². The molecule has 1 saturated heterocycles. The number of alkyl halides is 2. The van der Waals surface area contributed by atoms with Gasteiger partial charge in [0.2, 0.25) is 0 Å². The summed E-state index contributed by atoms with van der Waals surface area (Å²) in [5.74, 6) is -1.09. The molecule has 1 N–H and O–H groups in total. The van der Waals surface area contributed by atoms with Crippen molar-refractivity contribution in [1.82, 2.24) is 9.88 Å². The summed E-state index contributed by atoms with van der Waals surface area (Å²) >= 11 is 6.73. The molecule has 9 heteroatoms. The summed E-state index contributed by atoms with van der Waals surface area (Å²) in [5.41, 5.74) is -2.06. The largest absolute Gasteiger partial charge is 0.458 e. The molecule has 2 bridgehead atoms. The van der Waals surface area contributed by atoms with E-state index in [1.807, 2.05) is 6.07 Å². The number of pyridine rings is 1. The number of carbonyl (C=O) groups excluding carboxylic acids is 2. The Morgan fingerprint density at radius 2 is 1.80 bits per heavy atom. The molecule has 2 aliphatic rings. The van der Waals surface area contributed by atoms with E-state index in [0.717, 1.165) is 5.69 Å². The summed E-state index contributed by atoms with van der Waals surface area (Å²) in [7, 11) is 0. The fraction of sp³-hybridized carbons (Fsp3) is 0.667. The molecule has 1 aromatic rings. The minimum Gasteiger partial charge on any atom is -0.458 e. The zero-order chi connectivity index (χ0) is 22.3. The fourth-order valence-corrected chi connectivity index (χ4v) is 4.34. The molecule has 3 rings (SSSR count). The predicted molar refractivity (Wildman–Crippen MR) is 120 cm³/mol. The summed E-state index contributed by atoms with van der Waals surface area (Å²) in [6, 6.07) is 4.19. The van der Waals surface area contributed by atoms with Crippen molar-refractivity contribution < 1.29 is 19.1 Å². The Kier molecular flexibility index (Phi) is 6.56. The summed E-state index contributed by atoms with van der Waals surface area (Å²) in [5, 5.41) is 4.14. The zero-order valence-electron chi connectivity index (χ0n) is 17.7. The minimum absolute atomic E-state index is 0.0667. The molecular weight excluding hydrogens is 520 g/mol. The van der Waals surface area contributed by atoms with Gasteiger partial charge in [0.25, 0.3) is 5.56 Å². The van der Waals surface area contributed by atoms with Crippen LogP contribution in [-0.4, -0.2) is 51.0 Å². The number of fused-ring (bicyclic) bond motifs is 4. The molecule has 1 fully saturated rings. The van der Waals surface area contributed by atoms with Crippen LogP contribution in [0, 0.1) is 5.41 Å². The van der Waals surface area contributed by atoms with E-state index in [9.17, 15) is 14.4 Å². The standard InChI is InChI=1S/C21H28Br2N2O5/c1-19(2,10-22)29-17(27)16-21(18(28)30-20(3,4)11-23)8-13(9-24-16)14-6-5-7-15(26)25(14)12-21/h5-7,13,16,24H,8-12H2,1-4H3/t13-,16?,21+/m1/s1. The molecule has 166 valence electrons. The second-order valence-electron chi connectivity index (χ2n) is 9.37. The van der Waals surface area contributed by atoms with Crippen molar-refractivity contribution >= 4 is 43.8 Å². The average Bonchev–Trinajstić information content (AvgIpc) is 2.68. The van der Waals surface area contributed by atoms with Gasteiger partial charge in [0.15, 0.2) is 0 Å². The number of aromatic nitrogens is 1. The number of halogens is 2. The first kappa shape index (κ1) is 23.5.